The molecule has 29 heavy (non-hydrogen) atoms. The van der Waals surface area contributed by atoms with E-state index in [9.17, 15) is 4.79 Å². The standard InChI is InChI=1S/C20H20N8O/c1-11-2-3-12-9-15(6-7-16(12)23-11)28-19-17(26-27-28)10-22-20(25-19)24-14-5-4-13(8-14)18(21)29/h2-3,6-7,9-10,13-14H,4-5,8H2,1H3,(H2,21,29)(H,22,24,25)/t13-,14?/m0/s1. The van der Waals surface area contributed by atoms with Crippen LogP contribution in [0.4, 0.5) is 5.95 Å². The number of amides is 1. The first kappa shape index (κ1) is 17.5. The van der Waals surface area contributed by atoms with Crippen molar-refractivity contribution in [2.24, 2.45) is 11.7 Å². The number of hydrogen-bond donors (Lipinski definition) is 2. The number of carbonyl (C=O) groups is 1. The summed E-state index contributed by atoms with van der Waals surface area (Å²) in [5, 5.41) is 12.8. The predicted octanol–water partition coefficient (Wildman–Crippen LogP) is 2.13. The topological polar surface area (TPSA) is 124 Å². The smallest absolute Gasteiger partial charge is 0.225 e. The number of aromatic nitrogens is 6. The van der Waals surface area contributed by atoms with E-state index in [2.05, 4.69) is 30.6 Å². The average molecular weight is 388 g/mol. The normalized spacial score (nSPS) is 19.1. The lowest BCUT2D eigenvalue weighted by Crippen LogP contribution is -2.23. The van der Waals surface area contributed by atoms with Crippen LogP contribution in [0.15, 0.2) is 36.5 Å². The molecule has 0 saturated heterocycles. The Bertz CT molecular complexity index is 1230. The summed E-state index contributed by atoms with van der Waals surface area (Å²) in [6.45, 7) is 1.97. The summed E-state index contributed by atoms with van der Waals surface area (Å²) < 4.78 is 1.70. The molecule has 5 rings (SSSR count). The molecule has 3 N–H and O–H groups in total. The van der Waals surface area contributed by atoms with E-state index in [1.54, 1.807) is 10.9 Å². The number of aryl methyl sites for hydroxylation is 1. The molecule has 4 aromatic rings. The number of fused-ring (bicyclic) bond motifs is 2. The van der Waals surface area contributed by atoms with Gasteiger partial charge in [0.05, 0.1) is 17.4 Å². The number of nitrogens with zero attached hydrogens (tertiary/aromatic N) is 6. The number of nitrogens with one attached hydrogen (secondary N) is 1. The van der Waals surface area contributed by atoms with E-state index < -0.39 is 0 Å². The van der Waals surface area contributed by atoms with Gasteiger partial charge in [-0.05, 0) is 50.5 Å². The highest BCUT2D eigenvalue weighted by Gasteiger charge is 2.28. The van der Waals surface area contributed by atoms with Crippen LogP contribution >= 0.6 is 0 Å². The third kappa shape index (κ3) is 3.24. The van der Waals surface area contributed by atoms with E-state index >= 15 is 0 Å². The molecule has 3 aromatic heterocycles. The number of carbonyl (C=O) groups excluding carboxylic acids is 1. The van der Waals surface area contributed by atoms with Gasteiger partial charge in [-0.1, -0.05) is 11.3 Å². The monoisotopic (exact) mass is 388 g/mol. The molecule has 1 fully saturated rings. The van der Waals surface area contributed by atoms with Crippen molar-refractivity contribution in [1.29, 1.82) is 0 Å². The van der Waals surface area contributed by atoms with Crippen molar-refractivity contribution >= 4 is 33.9 Å². The van der Waals surface area contributed by atoms with Gasteiger partial charge in [0, 0.05) is 23.0 Å². The molecule has 1 saturated carbocycles. The van der Waals surface area contributed by atoms with E-state index in [1.807, 2.05) is 37.3 Å². The molecule has 1 aromatic carbocycles. The van der Waals surface area contributed by atoms with Crippen LogP contribution in [-0.2, 0) is 4.79 Å². The van der Waals surface area contributed by atoms with Gasteiger partial charge >= 0.3 is 0 Å². The lowest BCUT2D eigenvalue weighted by Gasteiger charge is -2.12. The highest BCUT2D eigenvalue weighted by atomic mass is 16.1. The van der Waals surface area contributed by atoms with Gasteiger partial charge in [-0.25, -0.2) is 4.98 Å². The number of benzene rings is 1. The Morgan fingerprint density at radius 1 is 1.17 bits per heavy atom. The van der Waals surface area contributed by atoms with E-state index in [-0.39, 0.29) is 17.9 Å². The summed E-state index contributed by atoms with van der Waals surface area (Å²) in [4.78, 5) is 24.9. The third-order valence-electron chi connectivity index (χ3n) is 5.42. The lowest BCUT2D eigenvalue weighted by molar-refractivity contribution is -0.121. The maximum Gasteiger partial charge on any atom is 0.225 e. The van der Waals surface area contributed by atoms with Crippen LogP contribution in [0.2, 0.25) is 0 Å². The second-order valence-corrected chi connectivity index (χ2v) is 7.49. The van der Waals surface area contributed by atoms with Crippen molar-refractivity contribution in [1.82, 2.24) is 29.9 Å². The minimum absolute atomic E-state index is 0.0849. The number of hydrogen-bond acceptors (Lipinski definition) is 7. The van der Waals surface area contributed by atoms with Crippen LogP contribution in [0, 0.1) is 12.8 Å². The quantitative estimate of drug-likeness (QED) is 0.549. The summed E-state index contributed by atoms with van der Waals surface area (Å²) in [5.74, 6) is 0.168. The molecule has 3 heterocycles. The molecule has 0 radical (unpaired) electrons. The van der Waals surface area contributed by atoms with Crippen LogP contribution in [0.1, 0.15) is 25.0 Å². The number of pyridine rings is 1. The Balaban J connectivity index is 1.47. The maximum atomic E-state index is 11.4. The van der Waals surface area contributed by atoms with Gasteiger partial charge in [0.1, 0.15) is 0 Å². The average Bonchev–Trinajstić information content (AvgIpc) is 3.34. The molecular weight excluding hydrogens is 368 g/mol. The van der Waals surface area contributed by atoms with Gasteiger partial charge in [-0.3, -0.25) is 9.78 Å². The number of anilines is 1. The minimum atomic E-state index is -0.242. The summed E-state index contributed by atoms with van der Waals surface area (Å²) in [6.07, 6.45) is 4.01. The summed E-state index contributed by atoms with van der Waals surface area (Å²) in [7, 11) is 0. The first-order valence-electron chi connectivity index (χ1n) is 9.59. The van der Waals surface area contributed by atoms with Gasteiger partial charge in [-0.15, -0.1) is 5.10 Å². The molecule has 1 aliphatic carbocycles. The molecule has 1 unspecified atom stereocenters. The maximum absolute atomic E-state index is 11.4. The second kappa shape index (κ2) is 6.77. The van der Waals surface area contributed by atoms with Crippen LogP contribution in [0.3, 0.4) is 0 Å². The highest BCUT2D eigenvalue weighted by molar-refractivity contribution is 5.82. The van der Waals surface area contributed by atoms with Crippen molar-refractivity contribution < 1.29 is 4.79 Å². The largest absolute Gasteiger partial charge is 0.369 e. The van der Waals surface area contributed by atoms with Crippen molar-refractivity contribution in [3.05, 3.63) is 42.2 Å². The molecule has 0 spiro atoms. The fourth-order valence-electron chi connectivity index (χ4n) is 3.87. The van der Waals surface area contributed by atoms with Crippen molar-refractivity contribution in [3.8, 4) is 5.69 Å². The Hall–Kier alpha value is -3.62. The molecular formula is C20H20N8O. The summed E-state index contributed by atoms with van der Waals surface area (Å²) >= 11 is 0. The van der Waals surface area contributed by atoms with Crippen molar-refractivity contribution in [3.63, 3.8) is 0 Å². The van der Waals surface area contributed by atoms with Crippen LogP contribution < -0.4 is 11.1 Å². The molecule has 2 atom stereocenters. The van der Waals surface area contributed by atoms with Gasteiger partial charge in [0.25, 0.3) is 0 Å². The Morgan fingerprint density at radius 3 is 2.90 bits per heavy atom. The van der Waals surface area contributed by atoms with E-state index in [1.165, 1.54) is 0 Å². The van der Waals surface area contributed by atoms with Gasteiger partial charge < -0.3 is 11.1 Å². The summed E-state index contributed by atoms with van der Waals surface area (Å²) in [6, 6.07) is 10.1. The highest BCUT2D eigenvalue weighted by Crippen LogP contribution is 2.27. The molecule has 0 aliphatic heterocycles. The second-order valence-electron chi connectivity index (χ2n) is 7.49. The first-order valence-corrected chi connectivity index (χ1v) is 9.59. The van der Waals surface area contributed by atoms with Crippen LogP contribution in [0.25, 0.3) is 27.8 Å². The van der Waals surface area contributed by atoms with E-state index in [0.29, 0.717) is 23.5 Å². The van der Waals surface area contributed by atoms with E-state index in [4.69, 9.17) is 5.73 Å². The fourth-order valence-corrected chi connectivity index (χ4v) is 3.87. The van der Waals surface area contributed by atoms with Crippen molar-refractivity contribution in [2.45, 2.75) is 32.2 Å². The zero-order chi connectivity index (χ0) is 20.0. The molecule has 1 aliphatic rings. The van der Waals surface area contributed by atoms with Gasteiger partial charge in [0.15, 0.2) is 11.2 Å². The van der Waals surface area contributed by atoms with Crippen molar-refractivity contribution in [2.75, 3.05) is 5.32 Å². The first-order chi connectivity index (χ1) is 14.1. The molecule has 0 bridgehead atoms. The number of primary amides is 1. The zero-order valence-electron chi connectivity index (χ0n) is 15.9. The Morgan fingerprint density at radius 2 is 2.07 bits per heavy atom. The number of nitrogens with two attached hydrogens (primary N) is 1. The summed E-state index contributed by atoms with van der Waals surface area (Å²) in [5.41, 5.74) is 9.41. The molecule has 9 nitrogen and oxygen atoms in total. The third-order valence-corrected chi connectivity index (χ3v) is 5.42. The minimum Gasteiger partial charge on any atom is -0.369 e. The Labute approximate surface area is 166 Å². The predicted molar refractivity (Wildman–Crippen MR) is 108 cm³/mol. The molecule has 9 heteroatoms. The SMILES string of the molecule is Cc1ccc2cc(-n3nnc4cnc(NC5CC[C@H](C(N)=O)C5)nc43)ccc2n1. The fraction of sp³-hybridized carbons (Fsp3) is 0.300. The lowest BCUT2D eigenvalue weighted by atomic mass is 10.1. The zero-order valence-corrected chi connectivity index (χ0v) is 15.9. The van der Waals surface area contributed by atoms with E-state index in [0.717, 1.165) is 35.1 Å². The van der Waals surface area contributed by atoms with Crippen LogP contribution in [0.5, 0.6) is 0 Å². The van der Waals surface area contributed by atoms with Gasteiger partial charge in [-0.2, -0.15) is 9.67 Å². The number of rotatable bonds is 4. The molecule has 1 amide bonds. The van der Waals surface area contributed by atoms with Gasteiger partial charge in [0.2, 0.25) is 11.9 Å². The molecule has 146 valence electrons. The van der Waals surface area contributed by atoms with Crippen LogP contribution in [-0.4, -0.2) is 41.9 Å². The Kier molecular flexibility index (Phi) is 4.08.